The Balaban J connectivity index is 2.26. The molecule has 0 spiro atoms. The summed E-state index contributed by atoms with van der Waals surface area (Å²) in [6.45, 7) is 5.91. The Labute approximate surface area is 117 Å². The average molecular weight is 274 g/mol. The summed E-state index contributed by atoms with van der Waals surface area (Å²) in [5.41, 5.74) is 3.41. The van der Waals surface area contributed by atoms with Crippen LogP contribution in [0.1, 0.15) is 29.4 Å². The second-order valence-electron chi connectivity index (χ2n) is 5.50. The SMILES string of the molecule is COC1(C)Cc2ccc3c(=O)c(C)c(C)oc3c2CO1. The molecule has 4 heteroatoms. The van der Waals surface area contributed by atoms with Crippen LogP contribution in [0.15, 0.2) is 21.3 Å². The maximum absolute atomic E-state index is 12.3. The van der Waals surface area contributed by atoms with Crippen LogP contribution in [0.2, 0.25) is 0 Å². The van der Waals surface area contributed by atoms with Gasteiger partial charge in [0.25, 0.3) is 0 Å². The molecule has 2 heterocycles. The van der Waals surface area contributed by atoms with Gasteiger partial charge in [-0.15, -0.1) is 0 Å². The van der Waals surface area contributed by atoms with E-state index in [2.05, 4.69) is 0 Å². The molecule has 1 aromatic carbocycles. The molecule has 0 saturated carbocycles. The molecule has 3 rings (SSSR count). The Bertz CT molecular complexity index is 744. The van der Waals surface area contributed by atoms with E-state index in [0.29, 0.717) is 35.3 Å². The third-order valence-electron chi connectivity index (χ3n) is 4.19. The number of hydrogen-bond donors (Lipinski definition) is 0. The van der Waals surface area contributed by atoms with E-state index < -0.39 is 5.79 Å². The third-order valence-corrected chi connectivity index (χ3v) is 4.19. The highest BCUT2D eigenvalue weighted by Crippen LogP contribution is 2.33. The van der Waals surface area contributed by atoms with Crippen molar-refractivity contribution in [2.45, 2.75) is 39.6 Å². The highest BCUT2D eigenvalue weighted by molar-refractivity contribution is 5.81. The molecule has 1 aliphatic heterocycles. The highest BCUT2D eigenvalue weighted by Gasteiger charge is 2.32. The van der Waals surface area contributed by atoms with Crippen LogP contribution in [0.3, 0.4) is 0 Å². The largest absolute Gasteiger partial charge is 0.460 e. The summed E-state index contributed by atoms with van der Waals surface area (Å²) in [6, 6.07) is 3.82. The Morgan fingerprint density at radius 1 is 1.30 bits per heavy atom. The predicted molar refractivity (Wildman–Crippen MR) is 75.9 cm³/mol. The number of aryl methyl sites for hydroxylation is 1. The van der Waals surface area contributed by atoms with E-state index in [4.69, 9.17) is 13.9 Å². The molecule has 2 aromatic rings. The summed E-state index contributed by atoms with van der Waals surface area (Å²) in [7, 11) is 1.64. The topological polar surface area (TPSA) is 48.7 Å². The second kappa shape index (κ2) is 4.43. The van der Waals surface area contributed by atoms with Gasteiger partial charge in [-0.3, -0.25) is 4.79 Å². The molecular weight excluding hydrogens is 256 g/mol. The van der Waals surface area contributed by atoms with Crippen molar-refractivity contribution >= 4 is 11.0 Å². The second-order valence-corrected chi connectivity index (χ2v) is 5.50. The molecule has 0 radical (unpaired) electrons. The number of hydrogen-bond acceptors (Lipinski definition) is 4. The standard InChI is InChI=1S/C16H18O4/c1-9-10(2)20-15-12(14(9)17)6-5-11-7-16(3,18-4)19-8-13(11)15/h5-6H,7-8H2,1-4H3. The first kappa shape index (κ1) is 13.3. The van der Waals surface area contributed by atoms with E-state index in [1.807, 2.05) is 26.0 Å². The zero-order chi connectivity index (χ0) is 14.5. The maximum Gasteiger partial charge on any atom is 0.195 e. The van der Waals surface area contributed by atoms with Crippen molar-refractivity contribution in [2.75, 3.05) is 7.11 Å². The summed E-state index contributed by atoms with van der Waals surface area (Å²) in [5, 5.41) is 0.622. The van der Waals surface area contributed by atoms with E-state index in [0.717, 1.165) is 11.1 Å². The average Bonchev–Trinajstić information content (AvgIpc) is 2.44. The summed E-state index contributed by atoms with van der Waals surface area (Å²) in [6.07, 6.45) is 0.644. The fourth-order valence-corrected chi connectivity index (χ4v) is 2.63. The number of ether oxygens (including phenoxy) is 2. The quantitative estimate of drug-likeness (QED) is 0.802. The van der Waals surface area contributed by atoms with E-state index in [1.165, 1.54) is 0 Å². The maximum atomic E-state index is 12.3. The first-order chi connectivity index (χ1) is 9.45. The van der Waals surface area contributed by atoms with E-state index >= 15 is 0 Å². The minimum absolute atomic E-state index is 0.0339. The van der Waals surface area contributed by atoms with Gasteiger partial charge in [-0.2, -0.15) is 0 Å². The fourth-order valence-electron chi connectivity index (χ4n) is 2.63. The molecule has 0 N–H and O–H groups in total. The monoisotopic (exact) mass is 274 g/mol. The fraction of sp³-hybridized carbons (Fsp3) is 0.438. The molecule has 1 unspecified atom stereocenters. The lowest BCUT2D eigenvalue weighted by Crippen LogP contribution is -2.37. The minimum atomic E-state index is -0.610. The predicted octanol–water partition coefficient (Wildman–Crippen LogP) is 2.85. The van der Waals surface area contributed by atoms with Crippen molar-refractivity contribution in [1.82, 2.24) is 0 Å². The molecular formula is C16H18O4. The number of benzene rings is 1. The molecule has 4 nitrogen and oxygen atoms in total. The van der Waals surface area contributed by atoms with E-state index in [9.17, 15) is 4.79 Å². The molecule has 1 aliphatic rings. The Morgan fingerprint density at radius 2 is 2.05 bits per heavy atom. The van der Waals surface area contributed by atoms with Crippen molar-refractivity contribution in [2.24, 2.45) is 0 Å². The Kier molecular flexibility index (Phi) is 2.96. The van der Waals surface area contributed by atoms with Crippen LogP contribution in [0.4, 0.5) is 0 Å². The van der Waals surface area contributed by atoms with Gasteiger partial charge in [-0.1, -0.05) is 6.07 Å². The minimum Gasteiger partial charge on any atom is -0.460 e. The lowest BCUT2D eigenvalue weighted by atomic mass is 9.95. The lowest BCUT2D eigenvalue weighted by Gasteiger charge is -2.33. The molecule has 0 amide bonds. The zero-order valence-corrected chi connectivity index (χ0v) is 12.2. The highest BCUT2D eigenvalue weighted by atomic mass is 16.7. The summed E-state index contributed by atoms with van der Waals surface area (Å²) >= 11 is 0. The van der Waals surface area contributed by atoms with Crippen LogP contribution in [0, 0.1) is 13.8 Å². The van der Waals surface area contributed by atoms with Gasteiger partial charge in [0, 0.05) is 24.7 Å². The smallest absolute Gasteiger partial charge is 0.195 e. The molecule has 0 fully saturated rings. The van der Waals surface area contributed by atoms with Crippen LogP contribution < -0.4 is 5.43 Å². The van der Waals surface area contributed by atoms with Crippen molar-refractivity contribution in [3.05, 3.63) is 44.8 Å². The normalized spacial score (nSPS) is 22.0. The first-order valence-electron chi connectivity index (χ1n) is 6.69. The van der Waals surface area contributed by atoms with Gasteiger partial charge in [-0.05, 0) is 32.4 Å². The molecule has 1 atom stereocenters. The number of rotatable bonds is 1. The summed E-state index contributed by atoms with van der Waals surface area (Å²) < 4.78 is 17.0. The van der Waals surface area contributed by atoms with Gasteiger partial charge in [0.05, 0.1) is 12.0 Å². The van der Waals surface area contributed by atoms with Crippen LogP contribution in [0.25, 0.3) is 11.0 Å². The number of fused-ring (bicyclic) bond motifs is 3. The molecule has 20 heavy (non-hydrogen) atoms. The Hall–Kier alpha value is -1.65. The molecule has 0 bridgehead atoms. The first-order valence-corrected chi connectivity index (χ1v) is 6.69. The lowest BCUT2D eigenvalue weighted by molar-refractivity contribution is -0.222. The molecule has 106 valence electrons. The van der Waals surface area contributed by atoms with Crippen molar-refractivity contribution < 1.29 is 13.9 Å². The zero-order valence-electron chi connectivity index (χ0n) is 12.2. The van der Waals surface area contributed by atoms with Crippen molar-refractivity contribution in [3.63, 3.8) is 0 Å². The third kappa shape index (κ3) is 1.87. The summed E-state index contributed by atoms with van der Waals surface area (Å²) in [5.74, 6) is 0.0525. The summed E-state index contributed by atoms with van der Waals surface area (Å²) in [4.78, 5) is 12.3. The van der Waals surface area contributed by atoms with Gasteiger partial charge in [0.1, 0.15) is 11.3 Å². The van der Waals surface area contributed by atoms with Crippen LogP contribution >= 0.6 is 0 Å². The van der Waals surface area contributed by atoms with Gasteiger partial charge in [-0.25, -0.2) is 0 Å². The van der Waals surface area contributed by atoms with Crippen LogP contribution in [-0.2, 0) is 22.5 Å². The van der Waals surface area contributed by atoms with Crippen molar-refractivity contribution in [1.29, 1.82) is 0 Å². The van der Waals surface area contributed by atoms with Gasteiger partial charge in [0.2, 0.25) is 0 Å². The van der Waals surface area contributed by atoms with E-state index in [1.54, 1.807) is 14.0 Å². The van der Waals surface area contributed by atoms with Crippen LogP contribution in [0.5, 0.6) is 0 Å². The Morgan fingerprint density at radius 3 is 2.75 bits per heavy atom. The van der Waals surface area contributed by atoms with E-state index in [-0.39, 0.29) is 5.43 Å². The molecule has 0 saturated heterocycles. The van der Waals surface area contributed by atoms with Gasteiger partial charge < -0.3 is 13.9 Å². The van der Waals surface area contributed by atoms with Crippen molar-refractivity contribution in [3.8, 4) is 0 Å². The van der Waals surface area contributed by atoms with Crippen LogP contribution in [-0.4, -0.2) is 12.9 Å². The van der Waals surface area contributed by atoms with Gasteiger partial charge >= 0.3 is 0 Å². The molecule has 1 aromatic heterocycles. The molecule has 0 aliphatic carbocycles. The number of methoxy groups -OCH3 is 1. The van der Waals surface area contributed by atoms with Gasteiger partial charge in [0.15, 0.2) is 11.2 Å².